The van der Waals surface area contributed by atoms with Gasteiger partial charge < -0.3 is 5.32 Å². The highest BCUT2D eigenvalue weighted by atomic mass is 32.1. The molecular formula is C14H20N4O2S. The summed E-state index contributed by atoms with van der Waals surface area (Å²) < 4.78 is 8.01. The number of nitrogens with one attached hydrogen (secondary N) is 1. The molecule has 21 heavy (non-hydrogen) atoms. The Bertz CT molecular complexity index is 541. The number of carbonyl (C=O) groups is 2. The van der Waals surface area contributed by atoms with Crippen LogP contribution in [0.3, 0.4) is 0 Å². The van der Waals surface area contributed by atoms with Gasteiger partial charge in [-0.05, 0) is 37.5 Å². The largest absolute Gasteiger partial charge is 0.325 e. The third kappa shape index (κ3) is 2.66. The van der Waals surface area contributed by atoms with E-state index < -0.39 is 5.54 Å². The van der Waals surface area contributed by atoms with Crippen molar-refractivity contribution < 1.29 is 9.59 Å². The van der Waals surface area contributed by atoms with Crippen LogP contribution in [0.5, 0.6) is 0 Å². The summed E-state index contributed by atoms with van der Waals surface area (Å²) in [6, 6.07) is -0.288. The Morgan fingerprint density at radius 3 is 2.81 bits per heavy atom. The number of nitrogens with zero attached hydrogens (tertiary/aromatic N) is 3. The Morgan fingerprint density at radius 2 is 2.24 bits per heavy atom. The van der Waals surface area contributed by atoms with Crippen molar-refractivity contribution in [1.82, 2.24) is 19.0 Å². The van der Waals surface area contributed by atoms with Gasteiger partial charge in [-0.2, -0.15) is 8.75 Å². The predicted octanol–water partition coefficient (Wildman–Crippen LogP) is 2.17. The molecule has 1 N–H and O–H groups in total. The molecule has 1 aromatic heterocycles. The molecule has 1 aliphatic heterocycles. The first kappa shape index (κ1) is 14.4. The summed E-state index contributed by atoms with van der Waals surface area (Å²) in [4.78, 5) is 26.4. The van der Waals surface area contributed by atoms with Gasteiger partial charge in [0, 0.05) is 0 Å². The van der Waals surface area contributed by atoms with Crippen molar-refractivity contribution in [2.24, 2.45) is 11.8 Å². The van der Waals surface area contributed by atoms with Crippen LogP contribution in [0.1, 0.15) is 45.2 Å². The van der Waals surface area contributed by atoms with E-state index in [0.29, 0.717) is 17.5 Å². The highest BCUT2D eigenvalue weighted by Gasteiger charge is 2.58. The van der Waals surface area contributed by atoms with Crippen LogP contribution in [-0.4, -0.2) is 31.1 Å². The standard InChI is InChI=1S/C14H20N4O2S/c1-9(2)5-6-14(10-3-4-10)12(19)18(13(20)16-14)8-11-7-15-21-17-11/h7,9-10H,3-6,8H2,1-2H3,(H,16,20)/t14-/m1/s1. The molecule has 0 aromatic carbocycles. The lowest BCUT2D eigenvalue weighted by molar-refractivity contribution is -0.132. The topological polar surface area (TPSA) is 75.2 Å². The molecule has 0 unspecified atom stereocenters. The summed E-state index contributed by atoms with van der Waals surface area (Å²) in [5.74, 6) is 0.733. The number of rotatable bonds is 6. The monoisotopic (exact) mass is 308 g/mol. The van der Waals surface area contributed by atoms with Gasteiger partial charge >= 0.3 is 6.03 Å². The molecule has 1 aromatic rings. The Kier molecular flexibility index (Phi) is 3.69. The summed E-state index contributed by atoms with van der Waals surface area (Å²) in [5.41, 5.74) is -0.0101. The van der Waals surface area contributed by atoms with Crippen LogP contribution in [0.25, 0.3) is 0 Å². The number of hydrogen-bond acceptors (Lipinski definition) is 5. The molecule has 2 fully saturated rings. The minimum Gasteiger partial charge on any atom is -0.323 e. The molecule has 1 aliphatic carbocycles. The van der Waals surface area contributed by atoms with Crippen LogP contribution in [0.4, 0.5) is 4.79 Å². The van der Waals surface area contributed by atoms with E-state index in [9.17, 15) is 9.59 Å². The lowest BCUT2D eigenvalue weighted by atomic mass is 9.85. The van der Waals surface area contributed by atoms with Gasteiger partial charge in [0.25, 0.3) is 5.91 Å². The summed E-state index contributed by atoms with van der Waals surface area (Å²) in [6.07, 6.45) is 5.32. The minimum absolute atomic E-state index is 0.0800. The van der Waals surface area contributed by atoms with Gasteiger partial charge in [-0.3, -0.25) is 9.69 Å². The number of urea groups is 1. The fourth-order valence-electron chi connectivity index (χ4n) is 2.95. The van der Waals surface area contributed by atoms with Gasteiger partial charge in [0.1, 0.15) is 5.54 Å². The molecule has 6 nitrogen and oxygen atoms in total. The first-order valence-corrected chi connectivity index (χ1v) is 8.16. The van der Waals surface area contributed by atoms with Crippen LogP contribution in [0, 0.1) is 11.8 Å². The predicted molar refractivity (Wildman–Crippen MR) is 78.5 cm³/mol. The summed E-state index contributed by atoms with van der Waals surface area (Å²) in [6.45, 7) is 4.50. The molecule has 114 valence electrons. The zero-order valence-electron chi connectivity index (χ0n) is 12.3. The Hall–Kier alpha value is -1.50. The molecule has 3 amide bonds. The van der Waals surface area contributed by atoms with Crippen LogP contribution in [0.2, 0.25) is 0 Å². The number of aromatic nitrogens is 2. The lowest BCUT2D eigenvalue weighted by Crippen LogP contribution is -2.49. The lowest BCUT2D eigenvalue weighted by Gasteiger charge is -2.27. The van der Waals surface area contributed by atoms with Gasteiger partial charge in [0.2, 0.25) is 0 Å². The van der Waals surface area contributed by atoms with Crippen molar-refractivity contribution in [2.45, 2.75) is 51.6 Å². The minimum atomic E-state index is -0.676. The van der Waals surface area contributed by atoms with E-state index in [1.807, 2.05) is 0 Å². The molecular weight excluding hydrogens is 288 g/mol. The molecule has 2 aliphatic rings. The molecule has 0 radical (unpaired) electrons. The molecule has 1 saturated carbocycles. The Labute approximate surface area is 128 Å². The van der Waals surface area contributed by atoms with Crippen LogP contribution in [0.15, 0.2) is 6.20 Å². The van der Waals surface area contributed by atoms with Crippen molar-refractivity contribution in [3.05, 3.63) is 11.9 Å². The zero-order valence-corrected chi connectivity index (χ0v) is 13.2. The maximum atomic E-state index is 12.9. The Morgan fingerprint density at radius 1 is 1.48 bits per heavy atom. The molecule has 3 rings (SSSR count). The van der Waals surface area contributed by atoms with Crippen molar-refractivity contribution in [3.63, 3.8) is 0 Å². The van der Waals surface area contributed by atoms with Crippen molar-refractivity contribution >= 4 is 23.7 Å². The van der Waals surface area contributed by atoms with Gasteiger partial charge in [0.15, 0.2) is 0 Å². The number of hydrogen-bond donors (Lipinski definition) is 1. The maximum Gasteiger partial charge on any atom is 0.325 e. The second-order valence-electron chi connectivity index (χ2n) is 6.40. The number of imide groups is 1. The van der Waals surface area contributed by atoms with Crippen LogP contribution >= 0.6 is 11.7 Å². The number of amides is 3. The SMILES string of the molecule is CC(C)CC[C@]1(C2CC2)NC(=O)N(Cc2cnsn2)C1=O. The average Bonchev–Trinajstić information content (AvgIpc) is 3.12. The molecule has 2 heterocycles. The highest BCUT2D eigenvalue weighted by molar-refractivity contribution is 6.99. The van der Waals surface area contributed by atoms with E-state index in [1.165, 1.54) is 4.90 Å². The quantitative estimate of drug-likeness (QED) is 0.817. The smallest absolute Gasteiger partial charge is 0.323 e. The van der Waals surface area contributed by atoms with Crippen LogP contribution < -0.4 is 5.32 Å². The van der Waals surface area contributed by atoms with E-state index in [4.69, 9.17) is 0 Å². The number of carbonyl (C=O) groups excluding carboxylic acids is 2. The second-order valence-corrected chi connectivity index (χ2v) is 6.96. The van der Waals surface area contributed by atoms with Gasteiger partial charge in [-0.1, -0.05) is 13.8 Å². The van der Waals surface area contributed by atoms with Crippen molar-refractivity contribution in [2.75, 3.05) is 0 Å². The normalized spacial score (nSPS) is 25.8. The first-order chi connectivity index (χ1) is 10.0. The van der Waals surface area contributed by atoms with Crippen LogP contribution in [-0.2, 0) is 11.3 Å². The third-order valence-corrected chi connectivity index (χ3v) is 4.84. The zero-order chi connectivity index (χ0) is 15.0. The van der Waals surface area contributed by atoms with E-state index >= 15 is 0 Å². The van der Waals surface area contributed by atoms with E-state index in [0.717, 1.165) is 37.4 Å². The van der Waals surface area contributed by atoms with Crippen molar-refractivity contribution in [1.29, 1.82) is 0 Å². The summed E-state index contributed by atoms with van der Waals surface area (Å²) in [5, 5.41) is 2.99. The molecule has 1 atom stereocenters. The van der Waals surface area contributed by atoms with Gasteiger partial charge in [-0.15, -0.1) is 0 Å². The van der Waals surface area contributed by atoms with Crippen molar-refractivity contribution in [3.8, 4) is 0 Å². The molecule has 0 bridgehead atoms. The molecule has 0 spiro atoms. The highest BCUT2D eigenvalue weighted by Crippen LogP contribution is 2.46. The maximum absolute atomic E-state index is 12.9. The van der Waals surface area contributed by atoms with E-state index in [2.05, 4.69) is 27.9 Å². The summed E-state index contributed by atoms with van der Waals surface area (Å²) in [7, 11) is 0. The second kappa shape index (κ2) is 5.36. The fraction of sp³-hybridized carbons (Fsp3) is 0.714. The van der Waals surface area contributed by atoms with E-state index in [-0.39, 0.29) is 18.5 Å². The first-order valence-electron chi connectivity index (χ1n) is 7.43. The summed E-state index contributed by atoms with van der Waals surface area (Å²) >= 11 is 1.09. The average molecular weight is 308 g/mol. The van der Waals surface area contributed by atoms with Gasteiger partial charge in [0.05, 0.1) is 30.2 Å². The van der Waals surface area contributed by atoms with E-state index in [1.54, 1.807) is 6.20 Å². The molecule has 7 heteroatoms. The Balaban J connectivity index is 1.79. The third-order valence-electron chi connectivity index (χ3n) is 4.32. The molecule has 1 saturated heterocycles. The van der Waals surface area contributed by atoms with Gasteiger partial charge in [-0.25, -0.2) is 4.79 Å². The fourth-order valence-corrected chi connectivity index (χ4v) is 3.37.